The molecule has 4 heteroatoms. The summed E-state index contributed by atoms with van der Waals surface area (Å²) in [5, 5.41) is 3.46. The summed E-state index contributed by atoms with van der Waals surface area (Å²) < 4.78 is 5.10. The van der Waals surface area contributed by atoms with Crippen LogP contribution in [0.25, 0.3) is 0 Å². The number of halogens is 1. The largest absolute Gasteiger partial charge is 0.495 e. The fraction of sp³-hybridized carbons (Fsp3) is 0.188. The van der Waals surface area contributed by atoms with E-state index in [-0.39, 0.29) is 5.91 Å². The van der Waals surface area contributed by atoms with Crippen molar-refractivity contribution >= 4 is 17.5 Å². The summed E-state index contributed by atoms with van der Waals surface area (Å²) in [6.45, 7) is 0.566. The van der Waals surface area contributed by atoms with Crippen LogP contribution in [0.1, 0.15) is 15.9 Å². The van der Waals surface area contributed by atoms with Gasteiger partial charge in [-0.15, -0.1) is 0 Å². The summed E-state index contributed by atoms with van der Waals surface area (Å²) in [7, 11) is 1.58. The first-order valence-electron chi connectivity index (χ1n) is 6.36. The van der Waals surface area contributed by atoms with Crippen molar-refractivity contribution in [2.24, 2.45) is 0 Å². The minimum atomic E-state index is -0.0646. The molecule has 0 fully saturated rings. The predicted octanol–water partition coefficient (Wildman–Crippen LogP) is 3.32. The summed E-state index contributed by atoms with van der Waals surface area (Å²) in [5.41, 5.74) is 1.73. The summed E-state index contributed by atoms with van der Waals surface area (Å²) in [6, 6.07) is 14.8. The first-order chi connectivity index (χ1) is 9.70. The minimum absolute atomic E-state index is 0.0646. The van der Waals surface area contributed by atoms with Crippen LogP contribution in [-0.2, 0) is 6.42 Å². The average Bonchev–Trinajstić information content (AvgIpc) is 2.48. The van der Waals surface area contributed by atoms with Crippen molar-refractivity contribution in [2.75, 3.05) is 13.7 Å². The Hall–Kier alpha value is -2.00. The number of methoxy groups -OCH3 is 1. The second-order valence-electron chi connectivity index (χ2n) is 4.34. The van der Waals surface area contributed by atoms with Crippen molar-refractivity contribution < 1.29 is 9.53 Å². The van der Waals surface area contributed by atoms with Crippen molar-refractivity contribution in [3.63, 3.8) is 0 Å². The number of hydrogen-bond acceptors (Lipinski definition) is 2. The zero-order chi connectivity index (χ0) is 14.4. The quantitative estimate of drug-likeness (QED) is 0.917. The van der Waals surface area contributed by atoms with Crippen molar-refractivity contribution in [3.8, 4) is 5.75 Å². The molecule has 0 unspecified atom stereocenters. The highest BCUT2D eigenvalue weighted by atomic mass is 35.5. The lowest BCUT2D eigenvalue weighted by Gasteiger charge is -2.07. The molecule has 0 spiro atoms. The fourth-order valence-electron chi connectivity index (χ4n) is 1.88. The Morgan fingerprint density at radius 2 is 1.95 bits per heavy atom. The molecule has 3 nitrogen and oxygen atoms in total. The van der Waals surface area contributed by atoms with E-state index < -0.39 is 0 Å². The van der Waals surface area contributed by atoms with E-state index in [2.05, 4.69) is 5.32 Å². The number of rotatable bonds is 5. The molecule has 1 amide bonds. The molecule has 0 radical (unpaired) electrons. The fourth-order valence-corrected chi connectivity index (χ4v) is 2.16. The number of nitrogens with one attached hydrogen (secondary N) is 1. The molecule has 0 aliphatic rings. The van der Waals surface area contributed by atoms with E-state index in [1.807, 2.05) is 36.4 Å². The average molecular weight is 290 g/mol. The molecule has 2 aromatic carbocycles. The van der Waals surface area contributed by atoms with E-state index in [0.29, 0.717) is 22.9 Å². The van der Waals surface area contributed by atoms with Crippen LogP contribution >= 0.6 is 11.6 Å². The maximum absolute atomic E-state index is 11.8. The summed E-state index contributed by atoms with van der Waals surface area (Å²) in [6.07, 6.45) is 0.724. The summed E-state index contributed by atoms with van der Waals surface area (Å²) >= 11 is 6.05. The lowest BCUT2D eigenvalue weighted by Crippen LogP contribution is -2.25. The molecule has 0 aliphatic carbocycles. The van der Waals surface area contributed by atoms with Crippen LogP contribution in [-0.4, -0.2) is 19.6 Å². The molecule has 0 heterocycles. The summed E-state index contributed by atoms with van der Waals surface area (Å²) in [5.74, 6) is 0.592. The van der Waals surface area contributed by atoms with Gasteiger partial charge in [0.15, 0.2) is 0 Å². The Labute approximate surface area is 123 Å². The first kappa shape index (κ1) is 14.4. The smallest absolute Gasteiger partial charge is 0.251 e. The van der Waals surface area contributed by atoms with Gasteiger partial charge in [-0.25, -0.2) is 0 Å². The van der Waals surface area contributed by atoms with Gasteiger partial charge in [0, 0.05) is 12.1 Å². The molecule has 0 saturated heterocycles. The van der Waals surface area contributed by atoms with Crippen molar-refractivity contribution in [1.29, 1.82) is 0 Å². The van der Waals surface area contributed by atoms with Gasteiger partial charge in [0.25, 0.3) is 5.91 Å². The van der Waals surface area contributed by atoms with E-state index in [1.165, 1.54) is 0 Å². The standard InChI is InChI=1S/C16H16ClNO2/c1-20-15-8-7-12(11-14(15)17)9-10-18-16(19)13-5-3-2-4-6-13/h2-8,11H,9-10H2,1H3,(H,18,19). The number of hydrogen-bond donors (Lipinski definition) is 1. The van der Waals surface area contributed by atoms with Crippen LogP contribution in [0.3, 0.4) is 0 Å². The predicted molar refractivity (Wildman–Crippen MR) is 80.5 cm³/mol. The third kappa shape index (κ3) is 3.75. The topological polar surface area (TPSA) is 38.3 Å². The van der Waals surface area contributed by atoms with Gasteiger partial charge in [-0.1, -0.05) is 35.9 Å². The minimum Gasteiger partial charge on any atom is -0.495 e. The van der Waals surface area contributed by atoms with Crippen LogP contribution in [0.5, 0.6) is 5.75 Å². The molecule has 2 rings (SSSR count). The van der Waals surface area contributed by atoms with E-state index in [4.69, 9.17) is 16.3 Å². The maximum Gasteiger partial charge on any atom is 0.251 e. The van der Waals surface area contributed by atoms with Crippen LogP contribution in [0.15, 0.2) is 48.5 Å². The molecule has 104 valence electrons. The Morgan fingerprint density at radius 3 is 2.60 bits per heavy atom. The monoisotopic (exact) mass is 289 g/mol. The Kier molecular flexibility index (Phi) is 5.02. The molecular formula is C16H16ClNO2. The molecule has 1 N–H and O–H groups in total. The highest BCUT2D eigenvalue weighted by Crippen LogP contribution is 2.24. The third-order valence-corrected chi connectivity index (χ3v) is 3.25. The Bertz CT molecular complexity index is 584. The van der Waals surface area contributed by atoms with Gasteiger partial charge >= 0.3 is 0 Å². The second-order valence-corrected chi connectivity index (χ2v) is 4.75. The molecule has 0 atom stereocenters. The van der Waals surface area contributed by atoms with Crippen LogP contribution in [0, 0.1) is 0 Å². The van der Waals surface area contributed by atoms with E-state index in [1.54, 1.807) is 19.2 Å². The first-order valence-corrected chi connectivity index (χ1v) is 6.74. The molecule has 0 bridgehead atoms. The van der Waals surface area contributed by atoms with Crippen LogP contribution in [0.4, 0.5) is 0 Å². The van der Waals surface area contributed by atoms with Crippen molar-refractivity contribution in [3.05, 3.63) is 64.7 Å². The number of amides is 1. The van der Waals surface area contributed by atoms with Gasteiger partial charge in [-0.05, 0) is 36.2 Å². The number of carbonyl (C=O) groups is 1. The molecule has 20 heavy (non-hydrogen) atoms. The van der Waals surface area contributed by atoms with Gasteiger partial charge in [0.1, 0.15) is 5.75 Å². The van der Waals surface area contributed by atoms with Gasteiger partial charge < -0.3 is 10.1 Å². The zero-order valence-electron chi connectivity index (χ0n) is 11.2. The third-order valence-electron chi connectivity index (χ3n) is 2.95. The van der Waals surface area contributed by atoms with Crippen LogP contribution in [0.2, 0.25) is 5.02 Å². The van der Waals surface area contributed by atoms with E-state index >= 15 is 0 Å². The Morgan fingerprint density at radius 1 is 1.20 bits per heavy atom. The lowest BCUT2D eigenvalue weighted by molar-refractivity contribution is 0.0954. The van der Waals surface area contributed by atoms with Crippen molar-refractivity contribution in [2.45, 2.75) is 6.42 Å². The van der Waals surface area contributed by atoms with Gasteiger partial charge in [-0.2, -0.15) is 0 Å². The lowest BCUT2D eigenvalue weighted by atomic mass is 10.1. The second kappa shape index (κ2) is 6.96. The SMILES string of the molecule is COc1ccc(CCNC(=O)c2ccccc2)cc1Cl. The van der Waals surface area contributed by atoms with Crippen molar-refractivity contribution in [1.82, 2.24) is 5.32 Å². The zero-order valence-corrected chi connectivity index (χ0v) is 12.0. The number of ether oxygens (including phenoxy) is 1. The Balaban J connectivity index is 1.87. The maximum atomic E-state index is 11.8. The number of benzene rings is 2. The molecule has 2 aromatic rings. The van der Waals surface area contributed by atoms with Gasteiger partial charge in [0.2, 0.25) is 0 Å². The highest BCUT2D eigenvalue weighted by molar-refractivity contribution is 6.32. The number of carbonyl (C=O) groups excluding carboxylic acids is 1. The van der Waals surface area contributed by atoms with Crippen LogP contribution < -0.4 is 10.1 Å². The van der Waals surface area contributed by atoms with E-state index in [0.717, 1.165) is 12.0 Å². The molecule has 0 aliphatic heterocycles. The molecule has 0 saturated carbocycles. The molecule has 0 aromatic heterocycles. The van der Waals surface area contributed by atoms with Gasteiger partial charge in [-0.3, -0.25) is 4.79 Å². The van der Waals surface area contributed by atoms with Gasteiger partial charge in [0.05, 0.1) is 12.1 Å². The highest BCUT2D eigenvalue weighted by Gasteiger charge is 2.05. The normalized spacial score (nSPS) is 10.1. The van der Waals surface area contributed by atoms with E-state index in [9.17, 15) is 4.79 Å². The molecular weight excluding hydrogens is 274 g/mol. The summed E-state index contributed by atoms with van der Waals surface area (Å²) in [4.78, 5) is 11.8.